The van der Waals surface area contributed by atoms with Crippen LogP contribution in [0.1, 0.15) is 19.2 Å². The minimum Gasteiger partial charge on any atom is -0.330 e. The van der Waals surface area contributed by atoms with Crippen LogP contribution in [0.4, 0.5) is 5.69 Å². The Morgan fingerprint density at radius 3 is 2.90 bits per heavy atom. The van der Waals surface area contributed by atoms with Crippen molar-refractivity contribution in [1.29, 1.82) is 0 Å². The molecule has 2 heterocycles. The van der Waals surface area contributed by atoms with Crippen LogP contribution in [-0.2, 0) is 18.4 Å². The van der Waals surface area contributed by atoms with E-state index in [9.17, 15) is 4.79 Å². The number of anilines is 1. The minimum atomic E-state index is -0.0164. The summed E-state index contributed by atoms with van der Waals surface area (Å²) in [4.78, 5) is 16.0. The molecule has 0 aliphatic heterocycles. The van der Waals surface area contributed by atoms with Crippen molar-refractivity contribution in [2.24, 2.45) is 7.05 Å². The van der Waals surface area contributed by atoms with E-state index >= 15 is 0 Å². The first-order valence-corrected chi connectivity index (χ1v) is 6.90. The maximum atomic E-state index is 11.4. The number of aryl methyl sites for hydroxylation is 1. The monoisotopic (exact) mass is 283 g/mol. The van der Waals surface area contributed by atoms with E-state index < -0.39 is 0 Å². The number of fused-ring (bicyclic) bond motifs is 1. The number of nitrogens with one attached hydrogen (secondary N) is 1. The van der Waals surface area contributed by atoms with Crippen LogP contribution in [0, 0.1) is 0 Å². The summed E-state index contributed by atoms with van der Waals surface area (Å²) < 4.78 is 3.83. The zero-order valence-electron chi connectivity index (χ0n) is 12.1. The van der Waals surface area contributed by atoms with Gasteiger partial charge in [0.2, 0.25) is 5.91 Å². The molecular weight excluding hydrogens is 266 g/mol. The predicted molar refractivity (Wildman–Crippen MR) is 81.0 cm³/mol. The molecule has 0 fully saturated rings. The molecule has 0 atom stereocenters. The van der Waals surface area contributed by atoms with E-state index in [0.717, 1.165) is 16.9 Å². The Hall–Kier alpha value is -2.63. The van der Waals surface area contributed by atoms with Gasteiger partial charge in [0.05, 0.1) is 29.5 Å². The number of nitrogens with zero attached hydrogens (tertiary/aromatic N) is 4. The van der Waals surface area contributed by atoms with Crippen LogP contribution in [0.15, 0.2) is 36.7 Å². The highest BCUT2D eigenvalue weighted by molar-refractivity contribution is 5.90. The van der Waals surface area contributed by atoms with Gasteiger partial charge in [-0.2, -0.15) is 5.10 Å². The Morgan fingerprint density at radius 2 is 2.14 bits per heavy atom. The van der Waals surface area contributed by atoms with Gasteiger partial charge in [0, 0.05) is 19.7 Å². The Bertz CT molecular complexity index is 786. The van der Waals surface area contributed by atoms with Crippen molar-refractivity contribution in [2.75, 3.05) is 5.32 Å². The third-order valence-electron chi connectivity index (χ3n) is 3.42. The average molecular weight is 283 g/mol. The number of imidazole rings is 1. The summed E-state index contributed by atoms with van der Waals surface area (Å²) in [5.74, 6) is 0.907. The molecule has 0 aliphatic carbocycles. The first kappa shape index (κ1) is 13.4. The average Bonchev–Trinajstić information content (AvgIpc) is 3.05. The molecule has 3 rings (SSSR count). The summed E-state index contributed by atoms with van der Waals surface area (Å²) in [6.07, 6.45) is 3.92. The fourth-order valence-corrected chi connectivity index (χ4v) is 2.25. The van der Waals surface area contributed by atoms with Crippen LogP contribution in [0.2, 0.25) is 0 Å². The summed E-state index contributed by atoms with van der Waals surface area (Å²) >= 11 is 0. The van der Waals surface area contributed by atoms with Crippen LogP contribution >= 0.6 is 0 Å². The van der Waals surface area contributed by atoms with E-state index in [1.54, 1.807) is 10.9 Å². The normalized spacial score (nSPS) is 11.0. The number of hydrogen-bond acceptors (Lipinski definition) is 3. The second-order valence-electron chi connectivity index (χ2n) is 4.90. The van der Waals surface area contributed by atoms with E-state index in [1.807, 2.05) is 44.4 Å². The molecule has 0 radical (unpaired) electrons. The number of para-hydroxylation sites is 2. The summed E-state index contributed by atoms with van der Waals surface area (Å²) in [6.45, 7) is 2.38. The lowest BCUT2D eigenvalue weighted by Gasteiger charge is -2.02. The molecule has 0 saturated heterocycles. The van der Waals surface area contributed by atoms with Crippen molar-refractivity contribution in [3.63, 3.8) is 0 Å². The molecule has 3 aromatic rings. The van der Waals surface area contributed by atoms with Gasteiger partial charge in [-0.3, -0.25) is 9.48 Å². The highest BCUT2D eigenvalue weighted by atomic mass is 16.1. The molecule has 0 spiro atoms. The number of benzene rings is 1. The number of carbonyl (C=O) groups excluding carboxylic acids is 1. The van der Waals surface area contributed by atoms with Gasteiger partial charge in [0.1, 0.15) is 5.82 Å². The van der Waals surface area contributed by atoms with E-state index in [1.165, 1.54) is 0 Å². The van der Waals surface area contributed by atoms with Gasteiger partial charge in [-0.1, -0.05) is 19.1 Å². The molecule has 2 aromatic heterocycles. The standard InChI is InChI=1S/C15H17N5O/c1-3-15(21)17-11-8-16-20(9-11)10-14-18-12-6-4-5-7-13(12)19(14)2/h4-9H,3,10H2,1-2H3,(H,17,21). The maximum Gasteiger partial charge on any atom is 0.224 e. The topological polar surface area (TPSA) is 64.7 Å². The third-order valence-corrected chi connectivity index (χ3v) is 3.42. The van der Waals surface area contributed by atoms with Crippen molar-refractivity contribution in [1.82, 2.24) is 19.3 Å². The highest BCUT2D eigenvalue weighted by Gasteiger charge is 2.09. The Labute approximate surface area is 122 Å². The van der Waals surface area contributed by atoms with Crippen LogP contribution in [0.5, 0.6) is 0 Å². The van der Waals surface area contributed by atoms with Gasteiger partial charge in [-0.05, 0) is 12.1 Å². The van der Waals surface area contributed by atoms with Crippen LogP contribution in [0.25, 0.3) is 11.0 Å². The molecule has 0 unspecified atom stereocenters. The number of carbonyl (C=O) groups is 1. The number of rotatable bonds is 4. The molecule has 0 saturated carbocycles. The first-order valence-electron chi connectivity index (χ1n) is 6.90. The van der Waals surface area contributed by atoms with Gasteiger partial charge in [0.15, 0.2) is 0 Å². The molecule has 1 aromatic carbocycles. The van der Waals surface area contributed by atoms with Crippen LogP contribution in [-0.4, -0.2) is 25.2 Å². The SMILES string of the molecule is CCC(=O)Nc1cnn(Cc2nc3ccccc3n2C)c1. The molecule has 1 N–H and O–H groups in total. The molecule has 6 nitrogen and oxygen atoms in total. The smallest absolute Gasteiger partial charge is 0.224 e. The fraction of sp³-hybridized carbons (Fsp3) is 0.267. The minimum absolute atomic E-state index is 0.0164. The van der Waals surface area contributed by atoms with Gasteiger partial charge < -0.3 is 9.88 Å². The quantitative estimate of drug-likeness (QED) is 0.798. The predicted octanol–water partition coefficient (Wildman–Crippen LogP) is 2.17. The van der Waals surface area contributed by atoms with Crippen molar-refractivity contribution in [3.8, 4) is 0 Å². The third kappa shape index (κ3) is 2.65. The van der Waals surface area contributed by atoms with Gasteiger partial charge in [-0.15, -0.1) is 0 Å². The van der Waals surface area contributed by atoms with Crippen LogP contribution in [0.3, 0.4) is 0 Å². The van der Waals surface area contributed by atoms with E-state index in [-0.39, 0.29) is 5.91 Å². The molecule has 108 valence electrons. The lowest BCUT2D eigenvalue weighted by molar-refractivity contribution is -0.115. The Balaban J connectivity index is 1.82. The summed E-state index contributed by atoms with van der Waals surface area (Å²) in [5, 5.41) is 7.05. The molecule has 1 amide bonds. The lowest BCUT2D eigenvalue weighted by Crippen LogP contribution is -2.09. The summed E-state index contributed by atoms with van der Waals surface area (Å²) in [7, 11) is 1.99. The molecular formula is C15H17N5O. The van der Waals surface area contributed by atoms with Crippen molar-refractivity contribution >= 4 is 22.6 Å². The number of amides is 1. The fourth-order valence-electron chi connectivity index (χ4n) is 2.25. The van der Waals surface area contributed by atoms with E-state index in [0.29, 0.717) is 18.7 Å². The van der Waals surface area contributed by atoms with Gasteiger partial charge in [0.25, 0.3) is 0 Å². The molecule has 6 heteroatoms. The molecule has 0 bridgehead atoms. The number of hydrogen-bond donors (Lipinski definition) is 1. The van der Waals surface area contributed by atoms with Crippen molar-refractivity contribution in [3.05, 3.63) is 42.5 Å². The van der Waals surface area contributed by atoms with Gasteiger partial charge >= 0.3 is 0 Å². The van der Waals surface area contributed by atoms with Crippen molar-refractivity contribution in [2.45, 2.75) is 19.9 Å². The second-order valence-corrected chi connectivity index (χ2v) is 4.90. The van der Waals surface area contributed by atoms with Crippen LogP contribution < -0.4 is 5.32 Å². The summed E-state index contributed by atoms with van der Waals surface area (Å²) in [6, 6.07) is 8.02. The zero-order chi connectivity index (χ0) is 14.8. The maximum absolute atomic E-state index is 11.4. The molecule has 21 heavy (non-hydrogen) atoms. The Kier molecular flexibility index (Phi) is 3.43. The Morgan fingerprint density at radius 1 is 1.33 bits per heavy atom. The zero-order valence-corrected chi connectivity index (χ0v) is 12.1. The number of aromatic nitrogens is 4. The highest BCUT2D eigenvalue weighted by Crippen LogP contribution is 2.15. The van der Waals surface area contributed by atoms with E-state index in [4.69, 9.17) is 0 Å². The molecule has 0 aliphatic rings. The van der Waals surface area contributed by atoms with Crippen molar-refractivity contribution < 1.29 is 4.79 Å². The second kappa shape index (κ2) is 5.40. The van der Waals surface area contributed by atoms with Gasteiger partial charge in [-0.25, -0.2) is 4.98 Å². The van der Waals surface area contributed by atoms with E-state index in [2.05, 4.69) is 20.0 Å². The largest absolute Gasteiger partial charge is 0.330 e. The first-order chi connectivity index (χ1) is 10.2. The lowest BCUT2D eigenvalue weighted by atomic mass is 10.3. The summed E-state index contributed by atoms with van der Waals surface area (Å²) in [5.41, 5.74) is 2.78.